The van der Waals surface area contributed by atoms with Gasteiger partial charge in [-0.1, -0.05) is 22.0 Å². The smallest absolute Gasteiger partial charge is 0.263 e. The van der Waals surface area contributed by atoms with Crippen molar-refractivity contribution in [1.82, 2.24) is 0 Å². The van der Waals surface area contributed by atoms with Gasteiger partial charge in [-0.3, -0.25) is 4.72 Å². The summed E-state index contributed by atoms with van der Waals surface area (Å²) < 4.78 is 29.4. The molecule has 0 aromatic heterocycles. The number of hydrogen-bond donors (Lipinski definition) is 2. The Morgan fingerprint density at radius 3 is 2.29 bits per heavy atom. The first kappa shape index (κ1) is 17.0. The molecule has 0 bridgehead atoms. The lowest BCUT2D eigenvalue weighted by atomic mass is 10.2. The van der Waals surface area contributed by atoms with Crippen LogP contribution in [0.3, 0.4) is 0 Å². The minimum absolute atomic E-state index is 0.162. The zero-order chi connectivity index (χ0) is 15.6. The zero-order valence-electron chi connectivity index (χ0n) is 10.6. The van der Waals surface area contributed by atoms with Gasteiger partial charge in [0.25, 0.3) is 10.0 Å². The number of benzene rings is 2. The molecule has 4 nitrogen and oxygen atoms in total. The summed E-state index contributed by atoms with van der Waals surface area (Å²) in [6, 6.07) is 10.1. The fourth-order valence-electron chi connectivity index (χ4n) is 1.66. The lowest BCUT2D eigenvalue weighted by Gasteiger charge is -2.12. The van der Waals surface area contributed by atoms with Crippen LogP contribution >= 0.6 is 47.8 Å². The molecule has 0 atom stereocenters. The predicted molar refractivity (Wildman–Crippen MR) is 94.7 cm³/mol. The number of hydrogen-bond acceptors (Lipinski definition) is 3. The van der Waals surface area contributed by atoms with Gasteiger partial charge in [0.1, 0.15) is 4.90 Å². The Kier molecular flexibility index (Phi) is 5.48. The molecule has 0 aliphatic heterocycles. The minimum Gasteiger partial charge on any atom is -0.326 e. The largest absolute Gasteiger partial charge is 0.326 e. The van der Waals surface area contributed by atoms with Crippen LogP contribution in [0, 0.1) is 0 Å². The number of rotatable bonds is 4. The highest BCUT2D eigenvalue weighted by Gasteiger charge is 2.19. The van der Waals surface area contributed by atoms with E-state index in [9.17, 15) is 8.42 Å². The van der Waals surface area contributed by atoms with E-state index >= 15 is 0 Å². The second-order valence-electron chi connectivity index (χ2n) is 4.20. The summed E-state index contributed by atoms with van der Waals surface area (Å²) in [4.78, 5) is 0.162. The van der Waals surface area contributed by atoms with E-state index < -0.39 is 10.0 Å². The van der Waals surface area contributed by atoms with E-state index in [1.54, 1.807) is 30.3 Å². The van der Waals surface area contributed by atoms with Crippen LogP contribution in [0.25, 0.3) is 0 Å². The van der Waals surface area contributed by atoms with Gasteiger partial charge in [0, 0.05) is 20.0 Å². The topological polar surface area (TPSA) is 72.2 Å². The highest BCUT2D eigenvalue weighted by molar-refractivity contribution is 9.11. The molecular formula is C13H11Br3N2O2S. The molecule has 0 spiro atoms. The summed E-state index contributed by atoms with van der Waals surface area (Å²) in [6.45, 7) is 0.352. The number of halogens is 3. The summed E-state index contributed by atoms with van der Waals surface area (Å²) in [5.74, 6) is 0. The fraction of sp³-hybridized carbons (Fsp3) is 0.0769. The lowest BCUT2D eigenvalue weighted by Crippen LogP contribution is -2.14. The number of anilines is 1. The van der Waals surface area contributed by atoms with Gasteiger partial charge in [-0.2, -0.15) is 0 Å². The summed E-state index contributed by atoms with van der Waals surface area (Å²) in [5, 5.41) is 0. The Bertz CT molecular complexity index is 779. The van der Waals surface area contributed by atoms with E-state index in [0.717, 1.165) is 10.0 Å². The van der Waals surface area contributed by atoms with E-state index in [4.69, 9.17) is 5.73 Å². The van der Waals surface area contributed by atoms with Crippen molar-refractivity contribution in [2.75, 3.05) is 4.72 Å². The van der Waals surface area contributed by atoms with E-state index in [1.807, 2.05) is 0 Å². The Hall–Kier alpha value is -0.410. The number of nitrogens with two attached hydrogens (primary N) is 1. The van der Waals surface area contributed by atoms with Gasteiger partial charge < -0.3 is 5.73 Å². The van der Waals surface area contributed by atoms with Crippen molar-refractivity contribution in [2.45, 2.75) is 11.4 Å². The molecule has 0 aliphatic rings. The van der Waals surface area contributed by atoms with Crippen molar-refractivity contribution in [3.05, 3.63) is 55.4 Å². The highest BCUT2D eigenvalue weighted by Crippen LogP contribution is 2.30. The van der Waals surface area contributed by atoms with Crippen LogP contribution < -0.4 is 10.5 Å². The first-order valence-corrected chi connectivity index (χ1v) is 9.66. The molecule has 2 rings (SSSR count). The van der Waals surface area contributed by atoms with Crippen LogP contribution in [-0.4, -0.2) is 8.42 Å². The molecule has 0 saturated heterocycles. The first-order valence-electron chi connectivity index (χ1n) is 5.80. The Morgan fingerprint density at radius 1 is 1.00 bits per heavy atom. The van der Waals surface area contributed by atoms with Crippen molar-refractivity contribution >= 4 is 63.5 Å². The molecule has 0 saturated carbocycles. The minimum atomic E-state index is -3.69. The highest BCUT2D eigenvalue weighted by atomic mass is 79.9. The average Bonchev–Trinajstić information content (AvgIpc) is 2.41. The third-order valence-electron chi connectivity index (χ3n) is 2.70. The Balaban J connectivity index is 2.38. The van der Waals surface area contributed by atoms with E-state index in [2.05, 4.69) is 52.5 Å². The Morgan fingerprint density at radius 2 is 1.71 bits per heavy atom. The monoisotopic (exact) mass is 496 g/mol. The normalized spacial score (nSPS) is 11.4. The molecule has 2 aromatic rings. The maximum absolute atomic E-state index is 12.5. The predicted octanol–water partition coefficient (Wildman–Crippen LogP) is 4.23. The molecule has 2 aromatic carbocycles. The molecule has 0 fully saturated rings. The van der Waals surface area contributed by atoms with Gasteiger partial charge in [-0.25, -0.2) is 8.42 Å². The molecule has 0 amide bonds. The molecule has 21 heavy (non-hydrogen) atoms. The summed E-state index contributed by atoms with van der Waals surface area (Å²) in [7, 11) is -3.69. The van der Waals surface area contributed by atoms with Crippen molar-refractivity contribution in [2.24, 2.45) is 5.73 Å². The molecular weight excluding hydrogens is 488 g/mol. The van der Waals surface area contributed by atoms with Gasteiger partial charge in [-0.05, 0) is 67.8 Å². The van der Waals surface area contributed by atoms with E-state index in [1.165, 1.54) is 6.07 Å². The second-order valence-corrected chi connectivity index (χ2v) is 8.47. The third-order valence-corrected chi connectivity index (χ3v) is 6.19. The SMILES string of the molecule is NCc1ccc(S(=O)(=O)Nc2ccc(Br)cc2Br)c(Br)c1. The summed E-state index contributed by atoms with van der Waals surface area (Å²) in [5.41, 5.74) is 6.86. The fourth-order valence-corrected chi connectivity index (χ4v) is 5.14. The molecule has 0 unspecified atom stereocenters. The van der Waals surface area contributed by atoms with Crippen LogP contribution in [0.2, 0.25) is 0 Å². The average molecular weight is 499 g/mol. The van der Waals surface area contributed by atoms with Crippen LogP contribution in [0.15, 0.2) is 54.7 Å². The van der Waals surface area contributed by atoms with Gasteiger partial charge in [0.2, 0.25) is 0 Å². The lowest BCUT2D eigenvalue weighted by molar-refractivity contribution is 0.600. The van der Waals surface area contributed by atoms with E-state index in [0.29, 0.717) is 21.2 Å². The quantitative estimate of drug-likeness (QED) is 0.662. The van der Waals surface area contributed by atoms with Gasteiger partial charge in [0.15, 0.2) is 0 Å². The van der Waals surface area contributed by atoms with E-state index in [-0.39, 0.29) is 4.90 Å². The summed E-state index contributed by atoms with van der Waals surface area (Å²) in [6.07, 6.45) is 0. The second kappa shape index (κ2) is 6.78. The third kappa shape index (κ3) is 4.07. The van der Waals surface area contributed by atoms with Crippen LogP contribution in [0.5, 0.6) is 0 Å². The molecule has 0 radical (unpaired) electrons. The molecule has 112 valence electrons. The van der Waals surface area contributed by atoms with Crippen LogP contribution in [0.4, 0.5) is 5.69 Å². The number of nitrogens with one attached hydrogen (secondary N) is 1. The van der Waals surface area contributed by atoms with Crippen LogP contribution in [0.1, 0.15) is 5.56 Å². The molecule has 3 N–H and O–H groups in total. The van der Waals surface area contributed by atoms with Gasteiger partial charge >= 0.3 is 0 Å². The molecule has 8 heteroatoms. The van der Waals surface area contributed by atoms with Crippen molar-refractivity contribution < 1.29 is 8.42 Å². The maximum atomic E-state index is 12.5. The molecule has 0 aliphatic carbocycles. The zero-order valence-corrected chi connectivity index (χ0v) is 16.2. The summed E-state index contributed by atoms with van der Waals surface area (Å²) >= 11 is 9.92. The van der Waals surface area contributed by atoms with Gasteiger partial charge in [0.05, 0.1) is 5.69 Å². The number of sulfonamides is 1. The standard InChI is InChI=1S/C13H11Br3N2O2S/c14-9-2-3-12(10(15)6-9)18-21(19,20)13-4-1-8(7-17)5-11(13)16/h1-6,18H,7,17H2. The molecule has 0 heterocycles. The van der Waals surface area contributed by atoms with Gasteiger partial charge in [-0.15, -0.1) is 0 Å². The first-order chi connectivity index (χ1) is 9.83. The van der Waals surface area contributed by atoms with Crippen molar-refractivity contribution in [3.8, 4) is 0 Å². The Labute approximate surface area is 148 Å². The van der Waals surface area contributed by atoms with Crippen molar-refractivity contribution in [3.63, 3.8) is 0 Å². The maximum Gasteiger partial charge on any atom is 0.263 e. The van der Waals surface area contributed by atoms with Crippen LogP contribution in [-0.2, 0) is 16.6 Å². The van der Waals surface area contributed by atoms with Crippen molar-refractivity contribution in [1.29, 1.82) is 0 Å².